The summed E-state index contributed by atoms with van der Waals surface area (Å²) < 4.78 is 5.27. The molecular formula is C12H16N2O2S. The maximum atomic E-state index is 12.3. The maximum Gasteiger partial charge on any atom is 0.256 e. The molecule has 2 heterocycles. The predicted molar refractivity (Wildman–Crippen MR) is 67.3 cm³/mol. The molecule has 1 aromatic heterocycles. The molecule has 1 unspecified atom stereocenters. The molecule has 0 N–H and O–H groups in total. The lowest BCUT2D eigenvalue weighted by Gasteiger charge is -2.17. The van der Waals surface area contributed by atoms with E-state index in [0.29, 0.717) is 12.1 Å². The molecule has 1 aliphatic rings. The van der Waals surface area contributed by atoms with Gasteiger partial charge in [-0.15, -0.1) is 11.8 Å². The lowest BCUT2D eigenvalue weighted by Crippen LogP contribution is -2.30. The molecule has 1 aliphatic heterocycles. The van der Waals surface area contributed by atoms with Gasteiger partial charge < -0.3 is 9.64 Å². The number of hydrogen-bond donors (Lipinski definition) is 0. The lowest BCUT2D eigenvalue weighted by atomic mass is 10.2. The van der Waals surface area contributed by atoms with Crippen LogP contribution in [0.3, 0.4) is 0 Å². The predicted octanol–water partition coefficient (Wildman–Crippen LogP) is 1.66. The molecule has 1 atom stereocenters. The van der Waals surface area contributed by atoms with Crippen molar-refractivity contribution in [3.8, 4) is 0 Å². The molecule has 1 amide bonds. The fraction of sp³-hybridized carbons (Fsp3) is 0.500. The minimum absolute atomic E-state index is 0.0574. The molecule has 0 bridgehead atoms. The molecule has 17 heavy (non-hydrogen) atoms. The Morgan fingerprint density at radius 3 is 3.12 bits per heavy atom. The van der Waals surface area contributed by atoms with Gasteiger partial charge in [-0.1, -0.05) is 0 Å². The number of methoxy groups -OCH3 is 1. The quantitative estimate of drug-likeness (QED) is 0.767. The topological polar surface area (TPSA) is 42.4 Å². The SMILES string of the molecule is COC1CCN(C(=O)c2cccnc2SC)C1. The Kier molecular flexibility index (Phi) is 4.02. The highest BCUT2D eigenvalue weighted by Crippen LogP contribution is 2.21. The summed E-state index contributed by atoms with van der Waals surface area (Å²) in [4.78, 5) is 18.4. The van der Waals surface area contributed by atoms with E-state index in [4.69, 9.17) is 4.74 Å². The van der Waals surface area contributed by atoms with Gasteiger partial charge in [0.15, 0.2) is 0 Å². The number of ether oxygens (including phenoxy) is 1. The Morgan fingerprint density at radius 2 is 2.47 bits per heavy atom. The summed E-state index contributed by atoms with van der Waals surface area (Å²) in [6.45, 7) is 1.44. The van der Waals surface area contributed by atoms with E-state index in [9.17, 15) is 4.79 Å². The second-order valence-electron chi connectivity index (χ2n) is 3.96. The third-order valence-corrected chi connectivity index (χ3v) is 3.67. The van der Waals surface area contributed by atoms with Gasteiger partial charge >= 0.3 is 0 Å². The number of pyridine rings is 1. The molecule has 2 rings (SSSR count). The third-order valence-electron chi connectivity index (χ3n) is 2.96. The molecule has 0 aromatic carbocycles. The van der Waals surface area contributed by atoms with Crippen LogP contribution in [0.4, 0.5) is 0 Å². The van der Waals surface area contributed by atoms with Gasteiger partial charge in [0.1, 0.15) is 5.03 Å². The summed E-state index contributed by atoms with van der Waals surface area (Å²) in [6.07, 6.45) is 4.73. The number of thioether (sulfide) groups is 1. The number of carbonyl (C=O) groups excluding carboxylic acids is 1. The van der Waals surface area contributed by atoms with Gasteiger partial charge in [-0.2, -0.15) is 0 Å². The number of carbonyl (C=O) groups is 1. The summed E-state index contributed by atoms with van der Waals surface area (Å²) in [5.41, 5.74) is 0.691. The minimum atomic E-state index is 0.0574. The van der Waals surface area contributed by atoms with Gasteiger partial charge in [0, 0.05) is 26.4 Å². The van der Waals surface area contributed by atoms with Crippen LogP contribution >= 0.6 is 11.8 Å². The van der Waals surface area contributed by atoms with Crippen molar-refractivity contribution in [2.24, 2.45) is 0 Å². The Labute approximate surface area is 105 Å². The van der Waals surface area contributed by atoms with E-state index in [1.54, 1.807) is 19.4 Å². The van der Waals surface area contributed by atoms with Crippen molar-refractivity contribution in [2.45, 2.75) is 17.6 Å². The number of rotatable bonds is 3. The van der Waals surface area contributed by atoms with Crippen LogP contribution < -0.4 is 0 Å². The van der Waals surface area contributed by atoms with Gasteiger partial charge in [-0.3, -0.25) is 4.79 Å². The molecule has 92 valence electrons. The van der Waals surface area contributed by atoms with E-state index in [1.165, 1.54) is 11.8 Å². The largest absolute Gasteiger partial charge is 0.380 e. The molecule has 0 saturated carbocycles. The van der Waals surface area contributed by atoms with Crippen molar-refractivity contribution in [3.05, 3.63) is 23.9 Å². The molecule has 1 fully saturated rings. The number of amides is 1. The van der Waals surface area contributed by atoms with Crippen LogP contribution in [0.15, 0.2) is 23.4 Å². The van der Waals surface area contributed by atoms with Crippen LogP contribution in [0.1, 0.15) is 16.8 Å². The van der Waals surface area contributed by atoms with Gasteiger partial charge in [0.05, 0.1) is 11.7 Å². The Morgan fingerprint density at radius 1 is 1.65 bits per heavy atom. The van der Waals surface area contributed by atoms with Crippen LogP contribution in [-0.4, -0.2) is 48.4 Å². The second-order valence-corrected chi connectivity index (χ2v) is 4.75. The van der Waals surface area contributed by atoms with E-state index in [1.807, 2.05) is 17.2 Å². The molecule has 1 saturated heterocycles. The van der Waals surface area contributed by atoms with Crippen molar-refractivity contribution in [3.63, 3.8) is 0 Å². The summed E-state index contributed by atoms with van der Waals surface area (Å²) >= 11 is 1.50. The van der Waals surface area contributed by atoms with Gasteiger partial charge in [0.2, 0.25) is 0 Å². The zero-order valence-electron chi connectivity index (χ0n) is 10.0. The van der Waals surface area contributed by atoms with Crippen LogP contribution in [0.25, 0.3) is 0 Å². The highest BCUT2D eigenvalue weighted by atomic mass is 32.2. The van der Waals surface area contributed by atoms with E-state index >= 15 is 0 Å². The fourth-order valence-electron chi connectivity index (χ4n) is 1.99. The molecule has 0 spiro atoms. The first-order valence-electron chi connectivity index (χ1n) is 5.57. The first kappa shape index (κ1) is 12.4. The molecule has 5 heteroatoms. The molecule has 0 radical (unpaired) electrons. The smallest absolute Gasteiger partial charge is 0.256 e. The van der Waals surface area contributed by atoms with Crippen LogP contribution in [0.5, 0.6) is 0 Å². The zero-order valence-corrected chi connectivity index (χ0v) is 10.9. The highest BCUT2D eigenvalue weighted by Gasteiger charge is 2.27. The normalized spacial score (nSPS) is 19.6. The fourth-order valence-corrected chi connectivity index (χ4v) is 2.53. The van der Waals surface area contributed by atoms with Gasteiger partial charge in [0.25, 0.3) is 5.91 Å². The first-order chi connectivity index (χ1) is 8.26. The Hall–Kier alpha value is -1.07. The average molecular weight is 252 g/mol. The molecule has 1 aromatic rings. The second kappa shape index (κ2) is 5.51. The van der Waals surface area contributed by atoms with Crippen molar-refractivity contribution in [2.75, 3.05) is 26.5 Å². The van der Waals surface area contributed by atoms with E-state index in [0.717, 1.165) is 18.0 Å². The van der Waals surface area contributed by atoms with Gasteiger partial charge in [-0.25, -0.2) is 4.98 Å². The van der Waals surface area contributed by atoms with Crippen LogP contribution in [0.2, 0.25) is 0 Å². The monoisotopic (exact) mass is 252 g/mol. The zero-order chi connectivity index (χ0) is 12.3. The first-order valence-corrected chi connectivity index (χ1v) is 6.79. The summed E-state index contributed by atoms with van der Waals surface area (Å²) in [7, 11) is 1.69. The van der Waals surface area contributed by atoms with E-state index in [2.05, 4.69) is 4.98 Å². The number of hydrogen-bond acceptors (Lipinski definition) is 4. The number of aromatic nitrogens is 1. The number of likely N-dealkylation sites (tertiary alicyclic amines) is 1. The van der Waals surface area contributed by atoms with Crippen molar-refractivity contribution < 1.29 is 9.53 Å². The third kappa shape index (κ3) is 2.61. The Bertz CT molecular complexity index is 411. The van der Waals surface area contributed by atoms with Gasteiger partial charge in [-0.05, 0) is 24.8 Å². The summed E-state index contributed by atoms with van der Waals surface area (Å²) in [5, 5.41) is 0.790. The van der Waals surface area contributed by atoms with Crippen molar-refractivity contribution in [1.82, 2.24) is 9.88 Å². The standard InChI is InChI=1S/C12H16N2O2S/c1-16-9-5-7-14(8-9)12(15)10-4-3-6-13-11(10)17-2/h3-4,6,9H,5,7-8H2,1-2H3. The van der Waals surface area contributed by atoms with Crippen molar-refractivity contribution >= 4 is 17.7 Å². The molecule has 0 aliphatic carbocycles. The maximum absolute atomic E-state index is 12.3. The summed E-state index contributed by atoms with van der Waals surface area (Å²) in [6, 6.07) is 3.64. The van der Waals surface area contributed by atoms with Crippen LogP contribution in [-0.2, 0) is 4.74 Å². The number of nitrogens with zero attached hydrogens (tertiary/aromatic N) is 2. The highest BCUT2D eigenvalue weighted by molar-refractivity contribution is 7.98. The Balaban J connectivity index is 2.15. The molecule has 4 nitrogen and oxygen atoms in total. The minimum Gasteiger partial charge on any atom is -0.380 e. The summed E-state index contributed by atoms with van der Waals surface area (Å²) in [5.74, 6) is 0.0574. The lowest BCUT2D eigenvalue weighted by molar-refractivity contribution is 0.0720. The average Bonchev–Trinajstić information content (AvgIpc) is 2.86. The van der Waals surface area contributed by atoms with Crippen LogP contribution in [0, 0.1) is 0 Å². The van der Waals surface area contributed by atoms with Crippen molar-refractivity contribution in [1.29, 1.82) is 0 Å². The molecular weight excluding hydrogens is 236 g/mol. The van der Waals surface area contributed by atoms with E-state index < -0.39 is 0 Å². The van der Waals surface area contributed by atoms with E-state index in [-0.39, 0.29) is 12.0 Å².